The lowest BCUT2D eigenvalue weighted by atomic mass is 10.1. The van der Waals surface area contributed by atoms with Crippen molar-refractivity contribution in [2.24, 2.45) is 5.92 Å². The van der Waals surface area contributed by atoms with Crippen molar-refractivity contribution in [1.29, 1.82) is 0 Å². The first-order valence-electron chi connectivity index (χ1n) is 5.08. The highest BCUT2D eigenvalue weighted by Gasteiger charge is 2.29. The third-order valence-electron chi connectivity index (χ3n) is 2.56. The van der Waals surface area contributed by atoms with Crippen LogP contribution in [0.4, 0.5) is 13.2 Å². The van der Waals surface area contributed by atoms with Crippen LogP contribution in [0.1, 0.15) is 32.6 Å². The van der Waals surface area contributed by atoms with E-state index in [1.807, 2.05) is 0 Å². The molecule has 1 saturated carbocycles. The zero-order valence-corrected chi connectivity index (χ0v) is 9.46. The van der Waals surface area contributed by atoms with E-state index in [1.165, 1.54) is 0 Å². The van der Waals surface area contributed by atoms with E-state index < -0.39 is 23.6 Å². The van der Waals surface area contributed by atoms with Crippen LogP contribution < -0.4 is 4.72 Å². The van der Waals surface area contributed by atoms with Crippen molar-refractivity contribution in [3.05, 3.63) is 0 Å². The van der Waals surface area contributed by atoms with Crippen LogP contribution in [0.3, 0.4) is 0 Å². The van der Waals surface area contributed by atoms with Crippen LogP contribution in [-0.4, -0.2) is 22.2 Å². The van der Waals surface area contributed by atoms with Crippen molar-refractivity contribution in [3.8, 4) is 0 Å². The summed E-state index contributed by atoms with van der Waals surface area (Å²) in [5.74, 6) is 0.246. The Morgan fingerprint density at radius 2 is 2.07 bits per heavy atom. The Labute approximate surface area is 90.2 Å². The van der Waals surface area contributed by atoms with Gasteiger partial charge in [-0.15, -0.1) is 0 Å². The molecule has 1 rings (SSSR count). The van der Waals surface area contributed by atoms with Gasteiger partial charge in [-0.05, 0) is 25.2 Å². The second kappa shape index (κ2) is 5.30. The molecule has 0 aromatic heterocycles. The summed E-state index contributed by atoms with van der Waals surface area (Å²) < 4.78 is 49.5. The molecule has 3 atom stereocenters. The molecule has 0 bridgehead atoms. The topological polar surface area (TPSA) is 29.1 Å². The molecule has 0 aromatic rings. The van der Waals surface area contributed by atoms with Crippen LogP contribution in [0.2, 0.25) is 0 Å². The maximum absolute atomic E-state index is 11.8. The zero-order chi connectivity index (χ0) is 11.5. The molecule has 1 N–H and O–H groups in total. The minimum Gasteiger partial charge on any atom is -0.243 e. The molecular weight excluding hydrogens is 227 g/mol. The van der Waals surface area contributed by atoms with Crippen LogP contribution in [0.5, 0.6) is 0 Å². The Morgan fingerprint density at radius 1 is 1.40 bits per heavy atom. The minimum atomic E-state index is -4.21. The number of hydrogen-bond donors (Lipinski definition) is 1. The Hall–Kier alpha value is -0.100. The average molecular weight is 243 g/mol. The standard InChI is InChI=1S/C9H16F3NOS/c1-7-2-3-8(6-7)13-15(14)5-4-9(10,11)12/h7-8,13H,2-6H2,1H3. The van der Waals surface area contributed by atoms with Gasteiger partial charge < -0.3 is 0 Å². The van der Waals surface area contributed by atoms with Gasteiger partial charge in [0.25, 0.3) is 0 Å². The van der Waals surface area contributed by atoms with Crippen molar-refractivity contribution in [2.45, 2.75) is 44.8 Å². The van der Waals surface area contributed by atoms with Crippen LogP contribution in [0.25, 0.3) is 0 Å². The van der Waals surface area contributed by atoms with E-state index in [9.17, 15) is 17.4 Å². The van der Waals surface area contributed by atoms with Crippen molar-refractivity contribution in [1.82, 2.24) is 4.72 Å². The number of rotatable bonds is 4. The van der Waals surface area contributed by atoms with E-state index in [0.717, 1.165) is 19.3 Å². The molecule has 2 nitrogen and oxygen atoms in total. The van der Waals surface area contributed by atoms with Gasteiger partial charge in [0, 0.05) is 11.8 Å². The lowest BCUT2D eigenvalue weighted by molar-refractivity contribution is -0.129. The van der Waals surface area contributed by atoms with Gasteiger partial charge in [0.05, 0.1) is 17.4 Å². The van der Waals surface area contributed by atoms with Gasteiger partial charge in [0.1, 0.15) is 0 Å². The van der Waals surface area contributed by atoms with Gasteiger partial charge in [-0.3, -0.25) is 0 Å². The summed E-state index contributed by atoms with van der Waals surface area (Å²) in [6.45, 7) is 2.10. The lowest BCUT2D eigenvalue weighted by Gasteiger charge is -2.12. The SMILES string of the molecule is CC1CCC(NS(=O)CCC(F)(F)F)C1. The van der Waals surface area contributed by atoms with E-state index in [0.29, 0.717) is 5.92 Å². The first kappa shape index (κ1) is 13.0. The molecule has 0 aromatic carbocycles. The molecule has 0 saturated heterocycles. The predicted molar refractivity (Wildman–Crippen MR) is 53.6 cm³/mol. The highest BCUT2D eigenvalue weighted by molar-refractivity contribution is 7.83. The molecule has 90 valence electrons. The van der Waals surface area contributed by atoms with Crippen LogP contribution in [-0.2, 0) is 11.0 Å². The highest BCUT2D eigenvalue weighted by atomic mass is 32.2. The average Bonchev–Trinajstić information content (AvgIpc) is 2.47. The fourth-order valence-corrected chi connectivity index (χ4v) is 2.89. The molecule has 0 spiro atoms. The van der Waals surface area contributed by atoms with Gasteiger partial charge in [-0.25, -0.2) is 8.93 Å². The maximum atomic E-state index is 11.8. The van der Waals surface area contributed by atoms with E-state index in [1.54, 1.807) is 0 Å². The van der Waals surface area contributed by atoms with E-state index in [-0.39, 0.29) is 11.8 Å². The molecule has 3 unspecified atom stereocenters. The third kappa shape index (κ3) is 5.51. The van der Waals surface area contributed by atoms with Crippen molar-refractivity contribution in [2.75, 3.05) is 5.75 Å². The van der Waals surface area contributed by atoms with Gasteiger partial charge in [-0.2, -0.15) is 13.2 Å². The first-order valence-corrected chi connectivity index (χ1v) is 6.40. The number of halogens is 3. The first-order chi connectivity index (χ1) is 6.87. The molecule has 0 aliphatic heterocycles. The normalized spacial score (nSPS) is 29.3. The van der Waals surface area contributed by atoms with Crippen LogP contribution >= 0.6 is 0 Å². The summed E-state index contributed by atoms with van der Waals surface area (Å²) in [6.07, 6.45) is -2.29. The summed E-state index contributed by atoms with van der Waals surface area (Å²) in [4.78, 5) is 0. The van der Waals surface area contributed by atoms with Crippen molar-refractivity contribution in [3.63, 3.8) is 0 Å². The monoisotopic (exact) mass is 243 g/mol. The summed E-state index contributed by atoms with van der Waals surface area (Å²) in [6, 6.07) is 0.133. The molecule has 0 radical (unpaired) electrons. The molecule has 1 fully saturated rings. The Bertz CT molecular complexity index is 232. The van der Waals surface area contributed by atoms with Crippen molar-refractivity contribution < 1.29 is 17.4 Å². The van der Waals surface area contributed by atoms with E-state index in [2.05, 4.69) is 11.6 Å². The second-order valence-corrected chi connectivity index (χ2v) is 5.48. The molecule has 1 aliphatic rings. The lowest BCUT2D eigenvalue weighted by Crippen LogP contribution is -2.31. The van der Waals surface area contributed by atoms with Crippen molar-refractivity contribution >= 4 is 11.0 Å². The molecule has 6 heteroatoms. The highest BCUT2D eigenvalue weighted by Crippen LogP contribution is 2.25. The smallest absolute Gasteiger partial charge is 0.243 e. The maximum Gasteiger partial charge on any atom is 0.390 e. The van der Waals surface area contributed by atoms with Gasteiger partial charge in [0.2, 0.25) is 0 Å². The van der Waals surface area contributed by atoms with Gasteiger partial charge in [-0.1, -0.05) is 6.92 Å². The van der Waals surface area contributed by atoms with Gasteiger partial charge in [0.15, 0.2) is 0 Å². The Kier molecular flexibility index (Phi) is 4.58. The minimum absolute atomic E-state index is 0.133. The molecular formula is C9H16F3NOS. The number of alkyl halides is 3. The molecule has 15 heavy (non-hydrogen) atoms. The Balaban J connectivity index is 2.19. The second-order valence-electron chi connectivity index (χ2n) is 4.15. The number of hydrogen-bond acceptors (Lipinski definition) is 1. The predicted octanol–water partition coefficient (Wildman–Crippen LogP) is 2.38. The third-order valence-corrected chi connectivity index (χ3v) is 3.73. The largest absolute Gasteiger partial charge is 0.390 e. The Morgan fingerprint density at radius 3 is 2.53 bits per heavy atom. The molecule has 0 heterocycles. The number of nitrogens with one attached hydrogen (secondary N) is 1. The quantitative estimate of drug-likeness (QED) is 0.807. The molecule has 1 aliphatic carbocycles. The summed E-state index contributed by atoms with van der Waals surface area (Å²) in [5.41, 5.74) is 0. The molecule has 0 amide bonds. The van der Waals surface area contributed by atoms with E-state index in [4.69, 9.17) is 0 Å². The summed E-state index contributed by atoms with van der Waals surface area (Å²) in [5, 5.41) is 0. The van der Waals surface area contributed by atoms with E-state index >= 15 is 0 Å². The summed E-state index contributed by atoms with van der Waals surface area (Å²) >= 11 is 0. The fraction of sp³-hybridized carbons (Fsp3) is 1.00. The fourth-order valence-electron chi connectivity index (χ4n) is 1.77. The summed E-state index contributed by atoms with van der Waals surface area (Å²) in [7, 11) is -1.54. The van der Waals surface area contributed by atoms with Gasteiger partial charge >= 0.3 is 6.18 Å². The zero-order valence-electron chi connectivity index (χ0n) is 8.64. The van der Waals surface area contributed by atoms with Crippen LogP contribution in [0, 0.1) is 5.92 Å². The van der Waals surface area contributed by atoms with Crippen LogP contribution in [0.15, 0.2) is 0 Å².